The minimum Gasteiger partial charge on any atom is -0.352 e. The molecule has 5 nitrogen and oxygen atoms in total. The van der Waals surface area contributed by atoms with Crippen LogP contribution in [0.15, 0.2) is 29.2 Å². The Bertz CT molecular complexity index is 524. The van der Waals surface area contributed by atoms with Crippen LogP contribution in [0, 0.1) is 0 Å². The highest BCUT2D eigenvalue weighted by Gasteiger charge is 2.09. The zero-order valence-electron chi connectivity index (χ0n) is 11.8. The molecule has 0 heterocycles. The van der Waals surface area contributed by atoms with E-state index < -0.39 is 9.84 Å². The Labute approximate surface area is 120 Å². The molecule has 0 spiro atoms. The zero-order chi connectivity index (χ0) is 15.0. The summed E-state index contributed by atoms with van der Waals surface area (Å²) in [5.74, 6) is -0.177. The lowest BCUT2D eigenvalue weighted by Gasteiger charge is -2.06. The summed E-state index contributed by atoms with van der Waals surface area (Å²) in [6.07, 6.45) is 5.21. The first-order valence-electron chi connectivity index (χ1n) is 6.73. The van der Waals surface area contributed by atoms with E-state index in [0.29, 0.717) is 18.7 Å². The first-order valence-corrected chi connectivity index (χ1v) is 8.62. The number of benzene rings is 1. The number of rotatable bonds is 8. The predicted octanol–water partition coefficient (Wildman–Crippen LogP) is 1.34. The van der Waals surface area contributed by atoms with Crippen LogP contribution in [0.5, 0.6) is 0 Å². The van der Waals surface area contributed by atoms with Crippen LogP contribution in [0.4, 0.5) is 0 Å². The summed E-state index contributed by atoms with van der Waals surface area (Å²) in [7, 11) is -3.22. The Morgan fingerprint density at radius 3 is 2.25 bits per heavy atom. The van der Waals surface area contributed by atoms with Crippen molar-refractivity contribution in [3.63, 3.8) is 0 Å². The zero-order valence-corrected chi connectivity index (χ0v) is 12.6. The molecular weight excluding hydrogens is 276 g/mol. The third-order valence-corrected chi connectivity index (χ3v) is 4.09. The Kier molecular flexibility index (Phi) is 6.67. The lowest BCUT2D eigenvalue weighted by Crippen LogP contribution is -2.24. The van der Waals surface area contributed by atoms with Crippen LogP contribution in [-0.2, 0) is 9.84 Å². The van der Waals surface area contributed by atoms with Crippen LogP contribution < -0.4 is 11.1 Å². The summed E-state index contributed by atoms with van der Waals surface area (Å²) in [6, 6.07) is 5.96. The van der Waals surface area contributed by atoms with Crippen molar-refractivity contribution in [2.45, 2.75) is 30.6 Å². The number of hydrogen-bond donors (Lipinski definition) is 2. The topological polar surface area (TPSA) is 89.3 Å². The van der Waals surface area contributed by atoms with Gasteiger partial charge in [-0.2, -0.15) is 0 Å². The second-order valence-electron chi connectivity index (χ2n) is 4.76. The van der Waals surface area contributed by atoms with Gasteiger partial charge in [-0.1, -0.05) is 12.8 Å². The van der Waals surface area contributed by atoms with Crippen molar-refractivity contribution in [3.8, 4) is 0 Å². The van der Waals surface area contributed by atoms with Crippen molar-refractivity contribution < 1.29 is 13.2 Å². The smallest absolute Gasteiger partial charge is 0.251 e. The van der Waals surface area contributed by atoms with Crippen molar-refractivity contribution >= 4 is 15.7 Å². The molecule has 0 radical (unpaired) electrons. The van der Waals surface area contributed by atoms with Gasteiger partial charge in [-0.05, 0) is 43.7 Å². The van der Waals surface area contributed by atoms with E-state index in [1.165, 1.54) is 24.3 Å². The van der Waals surface area contributed by atoms with Gasteiger partial charge in [0.25, 0.3) is 5.91 Å². The normalized spacial score (nSPS) is 11.3. The van der Waals surface area contributed by atoms with E-state index in [1.54, 1.807) is 0 Å². The minimum absolute atomic E-state index is 0.177. The van der Waals surface area contributed by atoms with Crippen LogP contribution in [0.1, 0.15) is 36.0 Å². The molecule has 0 unspecified atom stereocenters. The second-order valence-corrected chi connectivity index (χ2v) is 6.77. The fourth-order valence-corrected chi connectivity index (χ4v) is 2.41. The molecule has 6 heteroatoms. The summed E-state index contributed by atoms with van der Waals surface area (Å²) in [5, 5.41) is 2.81. The highest BCUT2D eigenvalue weighted by atomic mass is 32.2. The molecule has 20 heavy (non-hydrogen) atoms. The summed E-state index contributed by atoms with van der Waals surface area (Å²) in [6.45, 7) is 1.33. The van der Waals surface area contributed by atoms with Crippen molar-refractivity contribution in [3.05, 3.63) is 29.8 Å². The van der Waals surface area contributed by atoms with Crippen molar-refractivity contribution in [1.29, 1.82) is 0 Å². The first kappa shape index (κ1) is 16.7. The molecule has 1 amide bonds. The first-order chi connectivity index (χ1) is 9.45. The third-order valence-electron chi connectivity index (χ3n) is 2.96. The molecule has 0 aliphatic carbocycles. The van der Waals surface area contributed by atoms with E-state index in [0.717, 1.165) is 31.9 Å². The van der Waals surface area contributed by atoms with E-state index in [1.807, 2.05) is 0 Å². The fraction of sp³-hybridized carbons (Fsp3) is 0.500. The summed E-state index contributed by atoms with van der Waals surface area (Å²) >= 11 is 0. The van der Waals surface area contributed by atoms with Crippen LogP contribution in [0.25, 0.3) is 0 Å². The van der Waals surface area contributed by atoms with Crippen LogP contribution >= 0.6 is 0 Å². The molecule has 0 saturated carbocycles. The van der Waals surface area contributed by atoms with Gasteiger partial charge in [0.2, 0.25) is 0 Å². The lowest BCUT2D eigenvalue weighted by atomic mass is 10.2. The van der Waals surface area contributed by atoms with Gasteiger partial charge in [-0.3, -0.25) is 4.79 Å². The maximum Gasteiger partial charge on any atom is 0.251 e. The van der Waals surface area contributed by atoms with Gasteiger partial charge in [0.15, 0.2) is 9.84 Å². The summed E-state index contributed by atoms with van der Waals surface area (Å²) < 4.78 is 22.6. The Balaban J connectivity index is 2.40. The van der Waals surface area contributed by atoms with Gasteiger partial charge >= 0.3 is 0 Å². The average molecular weight is 298 g/mol. The standard InChI is InChI=1S/C14H22N2O3S/c1-20(18,19)13-8-6-12(7-9-13)14(17)16-11-5-3-2-4-10-15/h6-9H,2-5,10-11,15H2,1H3,(H,16,17). The number of nitrogens with one attached hydrogen (secondary N) is 1. The maximum atomic E-state index is 11.8. The van der Waals surface area contributed by atoms with Crippen LogP contribution in [0.2, 0.25) is 0 Å². The highest BCUT2D eigenvalue weighted by molar-refractivity contribution is 7.90. The number of sulfone groups is 1. The fourth-order valence-electron chi connectivity index (χ4n) is 1.78. The van der Waals surface area contributed by atoms with Gasteiger partial charge in [0, 0.05) is 18.4 Å². The molecule has 0 aliphatic rings. The Hall–Kier alpha value is -1.40. The van der Waals surface area contributed by atoms with Crippen molar-refractivity contribution in [2.75, 3.05) is 19.3 Å². The molecule has 0 aliphatic heterocycles. The summed E-state index contributed by atoms with van der Waals surface area (Å²) in [4.78, 5) is 12.0. The number of carbonyl (C=O) groups is 1. The number of nitrogens with two attached hydrogens (primary N) is 1. The highest BCUT2D eigenvalue weighted by Crippen LogP contribution is 2.10. The quantitative estimate of drug-likeness (QED) is 0.709. The van der Waals surface area contributed by atoms with Gasteiger partial charge in [0.05, 0.1) is 4.90 Å². The second kappa shape index (κ2) is 8.01. The van der Waals surface area contributed by atoms with Gasteiger partial charge in [0.1, 0.15) is 0 Å². The van der Waals surface area contributed by atoms with Crippen molar-refractivity contribution in [2.24, 2.45) is 5.73 Å². The van der Waals surface area contributed by atoms with E-state index in [9.17, 15) is 13.2 Å². The largest absolute Gasteiger partial charge is 0.352 e. The molecule has 0 bridgehead atoms. The number of unbranched alkanes of at least 4 members (excludes halogenated alkanes) is 3. The molecule has 0 aromatic heterocycles. The number of carbonyl (C=O) groups excluding carboxylic acids is 1. The minimum atomic E-state index is -3.22. The summed E-state index contributed by atoms with van der Waals surface area (Å²) in [5.41, 5.74) is 5.87. The Morgan fingerprint density at radius 2 is 1.70 bits per heavy atom. The lowest BCUT2D eigenvalue weighted by molar-refractivity contribution is 0.0953. The van der Waals surface area contributed by atoms with Gasteiger partial charge in [-0.15, -0.1) is 0 Å². The molecule has 3 N–H and O–H groups in total. The molecule has 112 valence electrons. The van der Waals surface area contributed by atoms with E-state index >= 15 is 0 Å². The molecule has 0 saturated heterocycles. The van der Waals surface area contributed by atoms with E-state index in [4.69, 9.17) is 5.73 Å². The SMILES string of the molecule is CS(=O)(=O)c1ccc(C(=O)NCCCCCCN)cc1. The average Bonchev–Trinajstić information content (AvgIpc) is 2.41. The van der Waals surface area contributed by atoms with Gasteiger partial charge < -0.3 is 11.1 Å². The van der Waals surface area contributed by atoms with Crippen molar-refractivity contribution in [1.82, 2.24) is 5.32 Å². The predicted molar refractivity (Wildman–Crippen MR) is 79.4 cm³/mol. The molecule has 1 aromatic carbocycles. The molecule has 1 rings (SSSR count). The van der Waals surface area contributed by atoms with Gasteiger partial charge in [-0.25, -0.2) is 8.42 Å². The van der Waals surface area contributed by atoms with E-state index in [2.05, 4.69) is 5.32 Å². The third kappa shape index (κ3) is 5.71. The van der Waals surface area contributed by atoms with Crippen LogP contribution in [0.3, 0.4) is 0 Å². The monoisotopic (exact) mass is 298 g/mol. The number of hydrogen-bond acceptors (Lipinski definition) is 4. The van der Waals surface area contributed by atoms with Crippen LogP contribution in [-0.4, -0.2) is 33.7 Å². The molecular formula is C14H22N2O3S. The maximum absolute atomic E-state index is 11.8. The number of amides is 1. The molecule has 0 atom stereocenters. The van der Waals surface area contributed by atoms with E-state index in [-0.39, 0.29) is 10.8 Å². The molecule has 1 aromatic rings. The Morgan fingerprint density at radius 1 is 1.10 bits per heavy atom. The molecule has 0 fully saturated rings.